The molecule has 18 rings (SSSR count). The highest BCUT2D eigenvalue weighted by atomic mass is 79.9. The van der Waals surface area contributed by atoms with Crippen LogP contribution in [-0.2, 0) is 37.9 Å². The molecule has 2 aliphatic carbocycles. The number of fused-ring (bicyclic) bond motifs is 8. The Labute approximate surface area is 774 Å². The van der Waals surface area contributed by atoms with Crippen LogP contribution in [0.1, 0.15) is 371 Å². The molecular formula is C100H104Br4F8O16. The summed E-state index contributed by atoms with van der Waals surface area (Å²) < 4.78 is 147. The minimum Gasteiger partial charge on any atom is -0.454 e. The maximum Gasteiger partial charge on any atom is 0.339 e. The van der Waals surface area contributed by atoms with Gasteiger partial charge in [0.25, 0.3) is 0 Å². The minimum absolute atomic E-state index is 0.00352. The lowest BCUT2D eigenvalue weighted by Crippen LogP contribution is -2.00. The van der Waals surface area contributed by atoms with E-state index >= 15 is 0 Å². The number of ether oxygens (including phenoxy) is 8. The fourth-order valence-corrected chi connectivity index (χ4v) is 17.5. The van der Waals surface area contributed by atoms with Gasteiger partial charge in [-0.2, -0.15) is 0 Å². The first kappa shape index (κ1) is 99.5. The summed E-state index contributed by atoms with van der Waals surface area (Å²) in [5, 5.41) is 0. The number of esters is 8. The van der Waals surface area contributed by atoms with Crippen molar-refractivity contribution >= 4 is 111 Å². The van der Waals surface area contributed by atoms with Crippen molar-refractivity contribution < 1.29 is 111 Å². The number of carbonyl (C=O) groups excluding carboxylic acids is 8. The van der Waals surface area contributed by atoms with Gasteiger partial charge in [-0.25, -0.2) is 64.7 Å². The van der Waals surface area contributed by atoms with Crippen LogP contribution in [-0.4, -0.2) is 73.4 Å². The molecule has 28 heteroatoms. The van der Waals surface area contributed by atoms with E-state index in [4.69, 9.17) is 37.9 Å². The highest BCUT2D eigenvalue weighted by Crippen LogP contribution is 2.46. The predicted molar refractivity (Wildman–Crippen MR) is 479 cm³/mol. The summed E-state index contributed by atoms with van der Waals surface area (Å²) in [5.41, 5.74) is 11.1. The minimum atomic E-state index is -0.847. The molecule has 0 bridgehead atoms. The van der Waals surface area contributed by atoms with E-state index in [1.54, 1.807) is 43.3 Å². The zero-order chi connectivity index (χ0) is 91.8. The smallest absolute Gasteiger partial charge is 0.339 e. The molecule has 8 aliphatic heterocycles. The first-order chi connectivity index (χ1) is 61.5. The third kappa shape index (κ3) is 28.0. The van der Waals surface area contributed by atoms with Gasteiger partial charge in [0.05, 0.1) is 70.2 Å². The summed E-state index contributed by atoms with van der Waals surface area (Å²) in [6.45, 7) is 6.60. The summed E-state index contributed by atoms with van der Waals surface area (Å²) in [6, 6.07) is 39.5. The molecule has 2 fully saturated rings. The predicted octanol–water partition coefficient (Wildman–Crippen LogP) is 28.9. The second kappa shape index (κ2) is 48.1. The number of hydrogen-bond acceptors (Lipinski definition) is 16. The van der Waals surface area contributed by atoms with Gasteiger partial charge in [0.15, 0.2) is 0 Å². The third-order valence-electron chi connectivity index (χ3n) is 23.2. The third-order valence-corrected chi connectivity index (χ3v) is 25.2. The fraction of sp³-hybridized carbons (Fsp3) is 0.440. The van der Waals surface area contributed by atoms with E-state index in [2.05, 4.69) is 77.6 Å². The number of benzene rings is 8. The van der Waals surface area contributed by atoms with Crippen molar-refractivity contribution in [2.45, 2.75) is 256 Å². The average molecular weight is 2030 g/mol. The van der Waals surface area contributed by atoms with Gasteiger partial charge >= 0.3 is 47.8 Å². The van der Waals surface area contributed by atoms with Crippen LogP contribution in [0.15, 0.2) is 163 Å². The standard InChI is InChI=1S/C13H14BrFO2.C13H13BrO2.C13H14F2O2.C13H13FO2.C12H12BrFO2.C12H13BrO2.C12H12F2O2.C12H13FO2/c1-8(15)3-2-4-12-10-6-5-9(14)7-11(10)13(16)17-12;14-9-4-5-10-11(7-9)13(15)16-12(10)6-3-8-1-2-8;1-8(14)3-2-4-12-10-6-5-9(15)7-11(10)13(16)17-12;14-9-4-5-10-11(7-9)13(15)16-12(10)6-3-8-1-2-8;13-8-4-5-9-10(7-8)12(15)16-11(9)3-1-2-6-14;1-2-3-4-11-9-6-5-8(13)7-10(9)12(14)15-11;13-6-2-1-3-11-9-5-4-8(14)7-10(9)12(15)16-11;1-2-3-4-11-9-6-5-8(13)7-10(9)12(14)15-11/h5-8,12H,2-4H2,1H3;4-5,7-8,12H,1-3,6H2;5-8,12H,2-4H2,1H3;4-5,7-8,12H,1-3,6H2;4-5,7,11H,1-3,6H2;5-7,11H,2-4H2,1H3;4-5,7,11H,1-3,6H2;5-7,11H,2-4H2,1H3. The van der Waals surface area contributed by atoms with Crippen LogP contribution in [0.4, 0.5) is 35.1 Å². The van der Waals surface area contributed by atoms with Crippen LogP contribution in [0.3, 0.4) is 0 Å². The largest absolute Gasteiger partial charge is 0.454 e. The van der Waals surface area contributed by atoms with E-state index in [-0.39, 0.29) is 104 Å². The molecule has 8 aromatic carbocycles. The molecule has 10 aliphatic rings. The maximum absolute atomic E-state index is 13.0. The molecule has 0 aromatic heterocycles. The molecule has 10 atom stereocenters. The zero-order valence-electron chi connectivity index (χ0n) is 71.7. The Morgan fingerprint density at radius 2 is 0.469 bits per heavy atom. The van der Waals surface area contributed by atoms with Crippen LogP contribution in [0.2, 0.25) is 0 Å². The number of rotatable bonds is 28. The molecule has 8 heterocycles. The molecule has 2 saturated carbocycles. The number of cyclic esters (lactones) is 8. The van der Waals surface area contributed by atoms with Crippen LogP contribution in [0, 0.1) is 35.1 Å². The zero-order valence-corrected chi connectivity index (χ0v) is 78.0. The SMILES string of the molecule is CC(F)CCCC1OC(=O)c2cc(Br)ccc21.CC(F)CCCC1OC(=O)c2cc(F)ccc21.CCCCC1OC(=O)c2cc(Br)ccc21.CCCCC1OC(=O)c2cc(F)ccc21.O=C1OC(CCC2CC2)c2ccc(Br)cc21.O=C1OC(CCC2CC2)c2ccc(F)cc21.O=C1OC(CCCCF)c2ccc(Br)cc21.O=C1OC(CCCCF)c2ccc(F)cc21. The van der Waals surface area contributed by atoms with Crippen molar-refractivity contribution in [1.29, 1.82) is 0 Å². The Morgan fingerprint density at radius 1 is 0.273 bits per heavy atom. The Morgan fingerprint density at radius 3 is 0.672 bits per heavy atom. The first-order valence-corrected chi connectivity index (χ1v) is 47.1. The Hall–Kier alpha value is -9.12. The lowest BCUT2D eigenvalue weighted by Gasteiger charge is -2.10. The van der Waals surface area contributed by atoms with Crippen molar-refractivity contribution in [3.05, 3.63) is 276 Å². The van der Waals surface area contributed by atoms with Gasteiger partial charge in [0.1, 0.15) is 72.1 Å². The van der Waals surface area contributed by atoms with E-state index in [1.807, 2.05) is 60.7 Å². The van der Waals surface area contributed by atoms with E-state index in [0.717, 1.165) is 139 Å². The van der Waals surface area contributed by atoms with Crippen molar-refractivity contribution in [3.63, 3.8) is 0 Å². The molecule has 684 valence electrons. The van der Waals surface area contributed by atoms with Gasteiger partial charge in [-0.05, 0) is 251 Å². The Kier molecular flexibility index (Phi) is 37.4. The summed E-state index contributed by atoms with van der Waals surface area (Å²) in [7, 11) is 0. The van der Waals surface area contributed by atoms with Gasteiger partial charge in [0, 0.05) is 62.4 Å². The summed E-state index contributed by atoms with van der Waals surface area (Å²) in [4.78, 5) is 92.1. The maximum atomic E-state index is 13.0. The van der Waals surface area contributed by atoms with Crippen molar-refractivity contribution in [3.8, 4) is 0 Å². The number of unbranched alkanes of at least 4 members (excludes halogenated alkanes) is 4. The second-order valence-corrected chi connectivity index (χ2v) is 36.8. The molecule has 0 amide bonds. The van der Waals surface area contributed by atoms with Gasteiger partial charge < -0.3 is 37.9 Å². The fourth-order valence-electron chi connectivity index (χ4n) is 16.0. The highest BCUT2D eigenvalue weighted by molar-refractivity contribution is 9.11. The van der Waals surface area contributed by atoms with Gasteiger partial charge in [-0.1, -0.05) is 165 Å². The number of halogens is 12. The monoisotopic (exact) mass is 2030 g/mol. The highest BCUT2D eigenvalue weighted by Gasteiger charge is 2.39. The van der Waals surface area contributed by atoms with E-state index < -0.39 is 41.9 Å². The lowest BCUT2D eigenvalue weighted by atomic mass is 10.0. The van der Waals surface area contributed by atoms with Crippen molar-refractivity contribution in [1.82, 2.24) is 0 Å². The number of carbonyl (C=O) groups is 8. The molecule has 0 N–H and O–H groups in total. The molecule has 16 nitrogen and oxygen atoms in total. The van der Waals surface area contributed by atoms with E-state index in [1.165, 1.54) is 87.6 Å². The summed E-state index contributed by atoms with van der Waals surface area (Å²) in [6.07, 6.45) is 19.7. The van der Waals surface area contributed by atoms with Gasteiger partial charge in [-0.15, -0.1) is 0 Å². The van der Waals surface area contributed by atoms with Crippen LogP contribution in [0.25, 0.3) is 0 Å². The quantitative estimate of drug-likeness (QED) is 0.0193. The first-order valence-electron chi connectivity index (χ1n) is 43.9. The normalized spacial score (nSPS) is 20.1. The molecule has 0 spiro atoms. The Balaban J connectivity index is 0.000000142. The average Bonchev–Trinajstić information content (AvgIpc) is 1.69. The van der Waals surface area contributed by atoms with Crippen LogP contribution >= 0.6 is 63.7 Å². The van der Waals surface area contributed by atoms with Crippen molar-refractivity contribution in [2.75, 3.05) is 13.3 Å². The van der Waals surface area contributed by atoms with Crippen molar-refractivity contribution in [2.24, 2.45) is 11.8 Å². The van der Waals surface area contributed by atoms with Crippen LogP contribution < -0.4 is 0 Å². The van der Waals surface area contributed by atoms with Gasteiger partial charge in [-0.3, -0.25) is 8.78 Å². The van der Waals surface area contributed by atoms with Crippen LogP contribution in [0.5, 0.6) is 0 Å². The molecule has 128 heavy (non-hydrogen) atoms. The molecule has 0 radical (unpaired) electrons. The number of hydrogen-bond donors (Lipinski definition) is 0. The van der Waals surface area contributed by atoms with E-state index in [9.17, 15) is 73.5 Å². The molecule has 8 aromatic rings. The molecule has 10 unspecified atom stereocenters. The topological polar surface area (TPSA) is 210 Å². The lowest BCUT2D eigenvalue weighted by molar-refractivity contribution is 0.0351. The Bertz CT molecular complexity index is 4920. The van der Waals surface area contributed by atoms with Gasteiger partial charge in [0.2, 0.25) is 0 Å². The molecular weight excluding hydrogens is 1930 g/mol. The number of alkyl halides is 4. The molecule has 0 saturated heterocycles. The second-order valence-electron chi connectivity index (χ2n) is 33.1. The summed E-state index contributed by atoms with van der Waals surface area (Å²) >= 11 is 13.4. The van der Waals surface area contributed by atoms with E-state index in [0.29, 0.717) is 114 Å². The summed E-state index contributed by atoms with van der Waals surface area (Å²) in [5.74, 6) is -2.61.